The summed E-state index contributed by atoms with van der Waals surface area (Å²) in [5.41, 5.74) is 3.74. The number of para-hydroxylation sites is 1. The smallest absolute Gasteiger partial charge is 0.212 e. The van der Waals surface area contributed by atoms with Gasteiger partial charge in [0.15, 0.2) is 0 Å². The van der Waals surface area contributed by atoms with Crippen LogP contribution in [0.2, 0.25) is 0 Å². The molecule has 1 aliphatic heterocycles. The van der Waals surface area contributed by atoms with Crippen LogP contribution in [0, 0.1) is 5.95 Å². The monoisotopic (exact) mass is 365 g/mol. The summed E-state index contributed by atoms with van der Waals surface area (Å²) in [6.07, 6.45) is 3.83. The van der Waals surface area contributed by atoms with E-state index < -0.39 is 5.95 Å². The van der Waals surface area contributed by atoms with Crippen molar-refractivity contribution < 1.29 is 9.13 Å². The second-order valence-corrected chi connectivity index (χ2v) is 6.62. The number of fused-ring (bicyclic) bond motifs is 1. The standard InChI is InChI=1S/C20H20FN5O/c1-13(16-4-2-3-14-7-8-27-20(14)16)11-26(22)19-9-17(24-12-25-19)15-5-6-18(21)23-10-15/h2-6,9-10,12-13H,7-8,11,22H2,1H3. The van der Waals surface area contributed by atoms with Crippen LogP contribution in [0.25, 0.3) is 11.3 Å². The van der Waals surface area contributed by atoms with Gasteiger partial charge in [-0.1, -0.05) is 25.1 Å². The summed E-state index contributed by atoms with van der Waals surface area (Å²) in [7, 11) is 0. The van der Waals surface area contributed by atoms with E-state index in [0.717, 1.165) is 24.3 Å². The zero-order chi connectivity index (χ0) is 18.8. The SMILES string of the molecule is CC(CN(N)c1cc(-c2ccc(F)nc2)ncn1)c1cccc2c1OCC2. The van der Waals surface area contributed by atoms with Crippen molar-refractivity contribution in [2.75, 3.05) is 18.2 Å². The highest BCUT2D eigenvalue weighted by atomic mass is 19.1. The van der Waals surface area contributed by atoms with E-state index in [9.17, 15) is 4.39 Å². The van der Waals surface area contributed by atoms with Crippen molar-refractivity contribution in [3.8, 4) is 17.0 Å². The molecule has 2 N–H and O–H groups in total. The number of nitrogens with zero attached hydrogens (tertiary/aromatic N) is 4. The van der Waals surface area contributed by atoms with Crippen LogP contribution in [0.1, 0.15) is 24.0 Å². The van der Waals surface area contributed by atoms with E-state index in [4.69, 9.17) is 10.6 Å². The summed E-state index contributed by atoms with van der Waals surface area (Å²) in [4.78, 5) is 12.2. The molecule has 1 atom stereocenters. The maximum Gasteiger partial charge on any atom is 0.212 e. The van der Waals surface area contributed by atoms with Crippen LogP contribution in [0.3, 0.4) is 0 Å². The van der Waals surface area contributed by atoms with E-state index in [1.165, 1.54) is 24.2 Å². The lowest BCUT2D eigenvalue weighted by atomic mass is 9.97. The van der Waals surface area contributed by atoms with E-state index in [1.807, 2.05) is 0 Å². The number of ether oxygens (including phenoxy) is 1. The molecule has 0 saturated heterocycles. The molecular weight excluding hydrogens is 345 g/mol. The van der Waals surface area contributed by atoms with Crippen molar-refractivity contribution in [3.05, 3.63) is 66.0 Å². The zero-order valence-electron chi connectivity index (χ0n) is 15.0. The van der Waals surface area contributed by atoms with Crippen LogP contribution in [0.15, 0.2) is 48.9 Å². The zero-order valence-corrected chi connectivity index (χ0v) is 15.0. The Bertz CT molecular complexity index is 947. The van der Waals surface area contributed by atoms with Gasteiger partial charge in [-0.25, -0.2) is 20.8 Å². The highest BCUT2D eigenvalue weighted by Crippen LogP contribution is 2.34. The van der Waals surface area contributed by atoms with Gasteiger partial charge < -0.3 is 4.74 Å². The molecule has 1 aromatic carbocycles. The van der Waals surface area contributed by atoms with Gasteiger partial charge in [0.25, 0.3) is 0 Å². The minimum atomic E-state index is -0.528. The van der Waals surface area contributed by atoms with Crippen LogP contribution in [-0.2, 0) is 6.42 Å². The van der Waals surface area contributed by atoms with E-state index in [1.54, 1.807) is 17.1 Å². The number of hydrazine groups is 1. The minimum absolute atomic E-state index is 0.161. The summed E-state index contributed by atoms with van der Waals surface area (Å²) in [6, 6.07) is 10.9. The Hall–Kier alpha value is -3.06. The molecule has 1 aliphatic rings. The topological polar surface area (TPSA) is 77.2 Å². The molecule has 0 fully saturated rings. The molecule has 4 rings (SSSR count). The van der Waals surface area contributed by atoms with Crippen LogP contribution in [0.4, 0.5) is 10.2 Å². The first kappa shape index (κ1) is 17.4. The van der Waals surface area contributed by atoms with Gasteiger partial charge >= 0.3 is 0 Å². The second-order valence-electron chi connectivity index (χ2n) is 6.62. The number of halogens is 1. The Labute approximate surface area is 156 Å². The highest BCUT2D eigenvalue weighted by molar-refractivity contribution is 5.61. The lowest BCUT2D eigenvalue weighted by Crippen LogP contribution is -2.35. The van der Waals surface area contributed by atoms with Crippen LogP contribution >= 0.6 is 0 Å². The molecule has 2 aromatic heterocycles. The first-order valence-electron chi connectivity index (χ1n) is 8.82. The maximum absolute atomic E-state index is 13.0. The predicted molar refractivity (Wildman–Crippen MR) is 101 cm³/mol. The van der Waals surface area contributed by atoms with Crippen LogP contribution < -0.4 is 15.6 Å². The van der Waals surface area contributed by atoms with Gasteiger partial charge in [-0.15, -0.1) is 0 Å². The van der Waals surface area contributed by atoms with E-state index in [0.29, 0.717) is 23.6 Å². The molecule has 0 amide bonds. The third-order valence-corrected chi connectivity index (χ3v) is 4.72. The lowest BCUT2D eigenvalue weighted by molar-refractivity contribution is 0.351. The Morgan fingerprint density at radius 3 is 2.93 bits per heavy atom. The first-order chi connectivity index (χ1) is 13.1. The average Bonchev–Trinajstić information content (AvgIpc) is 3.17. The Kier molecular flexibility index (Phi) is 4.68. The van der Waals surface area contributed by atoms with E-state index in [2.05, 4.69) is 40.1 Å². The average molecular weight is 365 g/mol. The quantitative estimate of drug-likeness (QED) is 0.425. The fourth-order valence-electron chi connectivity index (χ4n) is 3.30. The van der Waals surface area contributed by atoms with Gasteiger partial charge in [0.1, 0.15) is 17.9 Å². The Morgan fingerprint density at radius 1 is 1.22 bits per heavy atom. The Morgan fingerprint density at radius 2 is 2.11 bits per heavy atom. The number of nitrogens with two attached hydrogens (primary N) is 1. The molecule has 3 aromatic rings. The van der Waals surface area contributed by atoms with Crippen molar-refractivity contribution >= 4 is 5.82 Å². The third kappa shape index (κ3) is 3.59. The minimum Gasteiger partial charge on any atom is -0.493 e. The molecule has 138 valence electrons. The molecule has 27 heavy (non-hydrogen) atoms. The van der Waals surface area contributed by atoms with Crippen molar-refractivity contribution in [2.45, 2.75) is 19.3 Å². The summed E-state index contributed by atoms with van der Waals surface area (Å²) < 4.78 is 18.8. The molecule has 0 spiro atoms. The summed E-state index contributed by atoms with van der Waals surface area (Å²) in [5, 5.41) is 1.60. The van der Waals surface area contributed by atoms with Gasteiger partial charge in [0.05, 0.1) is 12.3 Å². The second kappa shape index (κ2) is 7.28. The predicted octanol–water partition coefficient (Wildman–Crippen LogP) is 3.10. The molecular formula is C20H20FN5O. The largest absolute Gasteiger partial charge is 0.493 e. The normalized spacial score (nSPS) is 13.7. The molecule has 1 unspecified atom stereocenters. The fraction of sp³-hybridized carbons (Fsp3) is 0.250. The van der Waals surface area contributed by atoms with Crippen LogP contribution in [-0.4, -0.2) is 28.1 Å². The van der Waals surface area contributed by atoms with E-state index >= 15 is 0 Å². The van der Waals surface area contributed by atoms with Crippen molar-refractivity contribution in [2.24, 2.45) is 5.84 Å². The summed E-state index contributed by atoms with van der Waals surface area (Å²) in [5.74, 6) is 7.48. The van der Waals surface area contributed by atoms with Gasteiger partial charge in [-0.05, 0) is 23.3 Å². The van der Waals surface area contributed by atoms with Crippen molar-refractivity contribution in [1.29, 1.82) is 0 Å². The molecule has 0 saturated carbocycles. The van der Waals surface area contributed by atoms with Crippen molar-refractivity contribution in [3.63, 3.8) is 0 Å². The van der Waals surface area contributed by atoms with E-state index in [-0.39, 0.29) is 5.92 Å². The van der Waals surface area contributed by atoms with Gasteiger partial charge in [-0.3, -0.25) is 5.01 Å². The number of rotatable bonds is 5. The number of anilines is 1. The molecule has 0 radical (unpaired) electrons. The van der Waals surface area contributed by atoms with Gasteiger partial charge in [-0.2, -0.15) is 4.39 Å². The lowest BCUT2D eigenvalue weighted by Gasteiger charge is -2.23. The number of benzene rings is 1. The maximum atomic E-state index is 13.0. The molecule has 6 nitrogen and oxygen atoms in total. The third-order valence-electron chi connectivity index (χ3n) is 4.72. The van der Waals surface area contributed by atoms with Crippen LogP contribution in [0.5, 0.6) is 5.75 Å². The highest BCUT2D eigenvalue weighted by Gasteiger charge is 2.21. The summed E-state index contributed by atoms with van der Waals surface area (Å²) >= 11 is 0. The van der Waals surface area contributed by atoms with Gasteiger partial charge in [0.2, 0.25) is 5.95 Å². The molecule has 7 heteroatoms. The number of aromatic nitrogens is 3. The fourth-order valence-corrected chi connectivity index (χ4v) is 3.30. The number of hydrogen-bond donors (Lipinski definition) is 1. The first-order valence-corrected chi connectivity index (χ1v) is 8.82. The number of hydrogen-bond acceptors (Lipinski definition) is 6. The van der Waals surface area contributed by atoms with Gasteiger partial charge in [0, 0.05) is 36.7 Å². The van der Waals surface area contributed by atoms with Crippen molar-refractivity contribution in [1.82, 2.24) is 15.0 Å². The molecule has 3 heterocycles. The summed E-state index contributed by atoms with van der Waals surface area (Å²) in [6.45, 7) is 3.41. The molecule has 0 bridgehead atoms. The Balaban J connectivity index is 1.53. The number of pyridine rings is 1. The molecule has 0 aliphatic carbocycles.